The van der Waals surface area contributed by atoms with E-state index in [4.69, 9.17) is 9.84 Å². The summed E-state index contributed by atoms with van der Waals surface area (Å²) in [6.45, 7) is 7.60. The Hall–Kier alpha value is -0.830. The first-order valence-electron chi connectivity index (χ1n) is 5.14. The number of rotatable bonds is 7. The van der Waals surface area contributed by atoms with E-state index in [2.05, 4.69) is 13.5 Å². The highest BCUT2D eigenvalue weighted by molar-refractivity contribution is 5.87. The summed E-state index contributed by atoms with van der Waals surface area (Å²) >= 11 is 0. The predicted octanol–water partition coefficient (Wildman–Crippen LogP) is 2.05. The van der Waals surface area contributed by atoms with Gasteiger partial charge in [-0.25, -0.2) is 4.79 Å². The van der Waals surface area contributed by atoms with Crippen LogP contribution < -0.4 is 0 Å². The van der Waals surface area contributed by atoms with Gasteiger partial charge in [0.25, 0.3) is 0 Å². The fraction of sp³-hybridized carbons (Fsp3) is 0.727. The molecule has 1 N–H and O–H groups in total. The molecule has 0 heterocycles. The van der Waals surface area contributed by atoms with Gasteiger partial charge in [0.15, 0.2) is 0 Å². The molecule has 0 aliphatic rings. The molecule has 0 aromatic carbocycles. The second-order valence-corrected chi connectivity index (χ2v) is 3.37. The quantitative estimate of drug-likeness (QED) is 0.505. The number of aliphatic hydroxyl groups is 1. The van der Waals surface area contributed by atoms with E-state index in [1.54, 1.807) is 0 Å². The van der Waals surface area contributed by atoms with Crippen molar-refractivity contribution in [2.75, 3.05) is 6.61 Å². The van der Waals surface area contributed by atoms with Crippen LogP contribution in [0.2, 0.25) is 0 Å². The fourth-order valence-corrected chi connectivity index (χ4v) is 0.884. The molecule has 1 atom stereocenters. The maximum atomic E-state index is 11.2. The molecule has 3 nitrogen and oxygen atoms in total. The third-order valence-corrected chi connectivity index (χ3v) is 2.00. The monoisotopic (exact) mass is 200 g/mol. The molecular weight excluding hydrogens is 180 g/mol. The minimum absolute atomic E-state index is 0.0699. The SMILES string of the molecule is C=C(CCCC)C(=O)OCC(O)CC. The Labute approximate surface area is 85.8 Å². The van der Waals surface area contributed by atoms with Gasteiger partial charge in [0.1, 0.15) is 6.61 Å². The van der Waals surface area contributed by atoms with E-state index in [-0.39, 0.29) is 12.6 Å². The summed E-state index contributed by atoms with van der Waals surface area (Å²) in [5.74, 6) is -0.383. The Morgan fingerprint density at radius 3 is 2.64 bits per heavy atom. The lowest BCUT2D eigenvalue weighted by atomic mass is 10.1. The van der Waals surface area contributed by atoms with E-state index < -0.39 is 6.10 Å². The highest BCUT2D eigenvalue weighted by atomic mass is 16.5. The Bertz CT molecular complexity index is 187. The fourth-order valence-electron chi connectivity index (χ4n) is 0.884. The number of hydrogen-bond acceptors (Lipinski definition) is 3. The van der Waals surface area contributed by atoms with Crippen molar-refractivity contribution in [2.24, 2.45) is 0 Å². The first-order valence-corrected chi connectivity index (χ1v) is 5.14. The molecule has 0 spiro atoms. The zero-order chi connectivity index (χ0) is 11.0. The average Bonchev–Trinajstić information content (AvgIpc) is 2.21. The zero-order valence-corrected chi connectivity index (χ0v) is 9.08. The van der Waals surface area contributed by atoms with Crippen molar-refractivity contribution >= 4 is 5.97 Å². The van der Waals surface area contributed by atoms with Crippen LogP contribution in [-0.2, 0) is 9.53 Å². The minimum Gasteiger partial charge on any atom is -0.460 e. The summed E-state index contributed by atoms with van der Waals surface area (Å²) in [4.78, 5) is 11.2. The van der Waals surface area contributed by atoms with Gasteiger partial charge in [0.05, 0.1) is 6.10 Å². The Kier molecular flexibility index (Phi) is 7.11. The van der Waals surface area contributed by atoms with E-state index >= 15 is 0 Å². The second kappa shape index (κ2) is 7.56. The molecule has 14 heavy (non-hydrogen) atoms. The zero-order valence-electron chi connectivity index (χ0n) is 9.08. The topological polar surface area (TPSA) is 46.5 Å². The standard InChI is InChI=1S/C11H20O3/c1-4-6-7-9(3)11(13)14-8-10(12)5-2/h10,12H,3-8H2,1-2H3. The molecule has 82 valence electrons. The van der Waals surface area contributed by atoms with Crippen LogP contribution in [0.4, 0.5) is 0 Å². The maximum absolute atomic E-state index is 11.2. The molecule has 0 bridgehead atoms. The number of carbonyl (C=O) groups is 1. The van der Waals surface area contributed by atoms with Crippen molar-refractivity contribution in [1.82, 2.24) is 0 Å². The van der Waals surface area contributed by atoms with Gasteiger partial charge in [-0.05, 0) is 19.3 Å². The van der Waals surface area contributed by atoms with Gasteiger partial charge in [-0.1, -0.05) is 26.8 Å². The van der Waals surface area contributed by atoms with Crippen LogP contribution in [-0.4, -0.2) is 23.8 Å². The molecule has 1 unspecified atom stereocenters. The Morgan fingerprint density at radius 2 is 2.14 bits per heavy atom. The molecule has 0 fully saturated rings. The third-order valence-electron chi connectivity index (χ3n) is 2.00. The van der Waals surface area contributed by atoms with Gasteiger partial charge in [-0.2, -0.15) is 0 Å². The van der Waals surface area contributed by atoms with Crippen LogP contribution >= 0.6 is 0 Å². The average molecular weight is 200 g/mol. The lowest BCUT2D eigenvalue weighted by Crippen LogP contribution is -2.18. The van der Waals surface area contributed by atoms with E-state index in [1.165, 1.54) is 0 Å². The largest absolute Gasteiger partial charge is 0.460 e. The van der Waals surface area contributed by atoms with E-state index in [0.717, 1.165) is 12.8 Å². The second-order valence-electron chi connectivity index (χ2n) is 3.37. The van der Waals surface area contributed by atoms with Crippen LogP contribution in [0.5, 0.6) is 0 Å². The van der Waals surface area contributed by atoms with E-state index in [0.29, 0.717) is 18.4 Å². The highest BCUT2D eigenvalue weighted by Gasteiger charge is 2.10. The summed E-state index contributed by atoms with van der Waals surface area (Å²) in [6.07, 6.45) is 2.69. The lowest BCUT2D eigenvalue weighted by molar-refractivity contribution is -0.142. The van der Waals surface area contributed by atoms with Gasteiger partial charge >= 0.3 is 5.97 Å². The molecular formula is C11H20O3. The first-order chi connectivity index (χ1) is 6.61. The van der Waals surface area contributed by atoms with Crippen LogP contribution in [0, 0.1) is 0 Å². The number of esters is 1. The highest BCUT2D eigenvalue weighted by Crippen LogP contribution is 2.07. The van der Waals surface area contributed by atoms with E-state index in [1.807, 2.05) is 6.92 Å². The first kappa shape index (κ1) is 13.2. The van der Waals surface area contributed by atoms with Gasteiger partial charge in [0, 0.05) is 5.57 Å². The summed E-state index contributed by atoms with van der Waals surface area (Å²) < 4.78 is 4.87. The molecule has 0 amide bonds. The number of ether oxygens (including phenoxy) is 1. The van der Waals surface area contributed by atoms with E-state index in [9.17, 15) is 4.79 Å². The van der Waals surface area contributed by atoms with Crippen LogP contribution in [0.15, 0.2) is 12.2 Å². The molecule has 0 aliphatic heterocycles. The van der Waals surface area contributed by atoms with Crippen molar-refractivity contribution in [2.45, 2.75) is 45.6 Å². The summed E-state index contributed by atoms with van der Waals surface area (Å²) in [6, 6.07) is 0. The molecule has 0 saturated carbocycles. The Morgan fingerprint density at radius 1 is 1.50 bits per heavy atom. The van der Waals surface area contributed by atoms with Gasteiger partial charge in [-0.3, -0.25) is 0 Å². The van der Waals surface area contributed by atoms with Crippen molar-refractivity contribution < 1.29 is 14.6 Å². The number of carbonyl (C=O) groups excluding carboxylic acids is 1. The molecule has 0 saturated heterocycles. The van der Waals surface area contributed by atoms with Crippen molar-refractivity contribution in [3.8, 4) is 0 Å². The van der Waals surface area contributed by atoms with Crippen molar-refractivity contribution in [3.63, 3.8) is 0 Å². The molecule has 3 heteroatoms. The van der Waals surface area contributed by atoms with Crippen LogP contribution in [0.1, 0.15) is 39.5 Å². The van der Waals surface area contributed by atoms with Gasteiger partial charge in [-0.15, -0.1) is 0 Å². The third kappa shape index (κ3) is 5.75. The van der Waals surface area contributed by atoms with Gasteiger partial charge < -0.3 is 9.84 Å². The van der Waals surface area contributed by atoms with Gasteiger partial charge in [0.2, 0.25) is 0 Å². The molecule has 0 aliphatic carbocycles. The number of aliphatic hydroxyl groups excluding tert-OH is 1. The minimum atomic E-state index is -0.557. The Balaban J connectivity index is 3.67. The summed E-state index contributed by atoms with van der Waals surface area (Å²) in [5, 5.41) is 9.16. The normalized spacial score (nSPS) is 12.2. The van der Waals surface area contributed by atoms with Crippen molar-refractivity contribution in [3.05, 3.63) is 12.2 Å². The predicted molar refractivity (Wildman–Crippen MR) is 55.9 cm³/mol. The summed E-state index contributed by atoms with van der Waals surface area (Å²) in [7, 11) is 0. The van der Waals surface area contributed by atoms with Crippen LogP contribution in [0.3, 0.4) is 0 Å². The number of unbranched alkanes of at least 4 members (excludes halogenated alkanes) is 1. The lowest BCUT2D eigenvalue weighted by Gasteiger charge is -2.09. The summed E-state index contributed by atoms with van der Waals surface area (Å²) in [5.41, 5.74) is 0.496. The molecule has 0 radical (unpaired) electrons. The smallest absolute Gasteiger partial charge is 0.333 e. The number of hydrogen-bond donors (Lipinski definition) is 1. The van der Waals surface area contributed by atoms with Crippen LogP contribution in [0.25, 0.3) is 0 Å². The molecule has 0 aromatic rings. The maximum Gasteiger partial charge on any atom is 0.333 e. The molecule has 0 aromatic heterocycles. The van der Waals surface area contributed by atoms with Crippen molar-refractivity contribution in [1.29, 1.82) is 0 Å². The molecule has 0 rings (SSSR count).